The Balaban J connectivity index is 1.37. The van der Waals surface area contributed by atoms with E-state index in [0.29, 0.717) is 11.4 Å². The number of carbonyl (C=O) groups is 1. The number of rotatable bonds is 5. The Kier molecular flexibility index (Phi) is 5.80. The highest BCUT2D eigenvalue weighted by molar-refractivity contribution is 5.94. The molecule has 0 saturated carbocycles. The van der Waals surface area contributed by atoms with E-state index in [2.05, 4.69) is 41.4 Å². The lowest BCUT2D eigenvalue weighted by Crippen LogP contribution is -2.38. The van der Waals surface area contributed by atoms with Crippen molar-refractivity contribution < 1.29 is 9.53 Å². The Bertz CT molecular complexity index is 946. The van der Waals surface area contributed by atoms with E-state index in [-0.39, 0.29) is 11.8 Å². The predicted octanol–water partition coefficient (Wildman–Crippen LogP) is 5.64. The molecule has 1 amide bonds. The van der Waals surface area contributed by atoms with Gasteiger partial charge in [-0.2, -0.15) is 0 Å². The monoisotopic (exact) mass is 386 g/mol. The minimum atomic E-state index is 0.0153. The molecule has 29 heavy (non-hydrogen) atoms. The van der Waals surface area contributed by atoms with Crippen molar-refractivity contribution in [2.24, 2.45) is 5.92 Å². The molecule has 0 radical (unpaired) electrons. The van der Waals surface area contributed by atoms with Gasteiger partial charge in [-0.1, -0.05) is 48.0 Å². The summed E-state index contributed by atoms with van der Waals surface area (Å²) in [6, 6.07) is 25.8. The molecule has 4 rings (SSSR count). The number of aryl methyl sites for hydroxylation is 1. The normalized spacial score (nSPS) is 14.4. The summed E-state index contributed by atoms with van der Waals surface area (Å²) >= 11 is 0. The summed E-state index contributed by atoms with van der Waals surface area (Å²) < 4.78 is 5.96. The summed E-state index contributed by atoms with van der Waals surface area (Å²) in [4.78, 5) is 15.2. The van der Waals surface area contributed by atoms with Gasteiger partial charge >= 0.3 is 0 Å². The maximum atomic E-state index is 12.9. The summed E-state index contributed by atoms with van der Waals surface area (Å²) in [7, 11) is 0. The van der Waals surface area contributed by atoms with Gasteiger partial charge in [-0.3, -0.25) is 4.79 Å². The van der Waals surface area contributed by atoms with Crippen LogP contribution in [0.25, 0.3) is 0 Å². The van der Waals surface area contributed by atoms with Crippen LogP contribution in [0, 0.1) is 12.8 Å². The van der Waals surface area contributed by atoms with Crippen LogP contribution in [0.3, 0.4) is 0 Å². The van der Waals surface area contributed by atoms with E-state index in [1.807, 2.05) is 54.6 Å². The molecule has 0 aliphatic carbocycles. The second kappa shape index (κ2) is 8.82. The number of carbonyl (C=O) groups excluding carboxylic acids is 1. The van der Waals surface area contributed by atoms with Gasteiger partial charge < -0.3 is 15.0 Å². The second-order valence-corrected chi connectivity index (χ2v) is 7.50. The topological polar surface area (TPSA) is 41.6 Å². The zero-order valence-electron chi connectivity index (χ0n) is 16.7. The Morgan fingerprint density at radius 1 is 0.897 bits per heavy atom. The molecule has 0 unspecified atom stereocenters. The number of hydrogen-bond acceptors (Lipinski definition) is 3. The van der Waals surface area contributed by atoms with Crippen molar-refractivity contribution in [2.45, 2.75) is 19.8 Å². The molecule has 1 aliphatic heterocycles. The molecule has 0 atom stereocenters. The molecule has 4 heteroatoms. The fourth-order valence-corrected chi connectivity index (χ4v) is 3.66. The van der Waals surface area contributed by atoms with Gasteiger partial charge in [0.05, 0.1) is 5.69 Å². The average Bonchev–Trinajstić information content (AvgIpc) is 2.76. The number of anilines is 2. The van der Waals surface area contributed by atoms with Gasteiger partial charge in [0.1, 0.15) is 5.75 Å². The van der Waals surface area contributed by atoms with Crippen molar-refractivity contribution >= 4 is 17.3 Å². The first-order chi connectivity index (χ1) is 14.2. The third-order valence-corrected chi connectivity index (χ3v) is 5.38. The maximum absolute atomic E-state index is 12.9. The van der Waals surface area contributed by atoms with Gasteiger partial charge in [0.15, 0.2) is 5.75 Å². The van der Waals surface area contributed by atoms with Crippen molar-refractivity contribution in [3.8, 4) is 11.5 Å². The molecule has 0 bridgehead atoms. The van der Waals surface area contributed by atoms with Gasteiger partial charge in [0.2, 0.25) is 5.91 Å². The number of benzene rings is 3. The largest absolute Gasteiger partial charge is 0.455 e. The molecule has 1 heterocycles. The van der Waals surface area contributed by atoms with Crippen LogP contribution in [0.4, 0.5) is 11.4 Å². The Morgan fingerprint density at radius 3 is 2.28 bits per heavy atom. The van der Waals surface area contributed by atoms with Gasteiger partial charge in [0.25, 0.3) is 0 Å². The van der Waals surface area contributed by atoms with E-state index in [9.17, 15) is 4.79 Å². The smallest absolute Gasteiger partial charge is 0.227 e. The molecule has 3 aromatic rings. The van der Waals surface area contributed by atoms with Crippen molar-refractivity contribution in [1.82, 2.24) is 0 Å². The highest BCUT2D eigenvalue weighted by Gasteiger charge is 2.25. The fourth-order valence-electron chi connectivity index (χ4n) is 3.66. The quantitative estimate of drug-likeness (QED) is 0.617. The number of nitrogens with one attached hydrogen (secondary N) is 1. The van der Waals surface area contributed by atoms with Crippen LogP contribution in [-0.2, 0) is 4.79 Å². The maximum Gasteiger partial charge on any atom is 0.227 e. The number of hydrogen-bond donors (Lipinski definition) is 1. The van der Waals surface area contributed by atoms with E-state index in [4.69, 9.17) is 4.74 Å². The van der Waals surface area contributed by atoms with Crippen molar-refractivity contribution in [1.29, 1.82) is 0 Å². The fraction of sp³-hybridized carbons (Fsp3) is 0.240. The lowest BCUT2D eigenvalue weighted by Gasteiger charge is -2.33. The van der Waals surface area contributed by atoms with Gasteiger partial charge in [0, 0.05) is 24.7 Å². The molecule has 4 nitrogen and oxygen atoms in total. The third-order valence-electron chi connectivity index (χ3n) is 5.38. The summed E-state index contributed by atoms with van der Waals surface area (Å²) in [5.74, 6) is 1.49. The zero-order chi connectivity index (χ0) is 20.1. The van der Waals surface area contributed by atoms with E-state index in [1.54, 1.807) is 0 Å². The molecule has 0 aromatic heterocycles. The molecule has 0 spiro atoms. The second-order valence-electron chi connectivity index (χ2n) is 7.50. The Morgan fingerprint density at radius 2 is 1.55 bits per heavy atom. The standard InChI is InChI=1S/C25H26N2O2/c1-19-11-13-21(14-12-19)27-17-15-20(16-18-27)25(28)26-23-9-5-6-10-24(23)29-22-7-3-2-4-8-22/h2-14,20H,15-18H2,1H3,(H,26,28). The van der Waals surface area contributed by atoms with Gasteiger partial charge in [-0.25, -0.2) is 0 Å². The highest BCUT2D eigenvalue weighted by atomic mass is 16.5. The Labute approximate surface area is 172 Å². The van der Waals surface area contributed by atoms with Crippen LogP contribution in [0.2, 0.25) is 0 Å². The minimum absolute atomic E-state index is 0.0153. The summed E-state index contributed by atoms with van der Waals surface area (Å²) in [5.41, 5.74) is 3.21. The van der Waals surface area contributed by atoms with Crippen molar-refractivity contribution in [3.63, 3.8) is 0 Å². The highest BCUT2D eigenvalue weighted by Crippen LogP contribution is 2.31. The van der Waals surface area contributed by atoms with Crippen LogP contribution >= 0.6 is 0 Å². The molecule has 1 fully saturated rings. The van der Waals surface area contributed by atoms with Crippen LogP contribution < -0.4 is 15.0 Å². The molecule has 1 aliphatic rings. The van der Waals surface area contributed by atoms with Crippen LogP contribution in [-0.4, -0.2) is 19.0 Å². The van der Waals surface area contributed by atoms with Gasteiger partial charge in [-0.05, 0) is 56.2 Å². The predicted molar refractivity (Wildman–Crippen MR) is 118 cm³/mol. The first-order valence-electron chi connectivity index (χ1n) is 10.1. The molecular weight excluding hydrogens is 360 g/mol. The van der Waals surface area contributed by atoms with E-state index in [1.165, 1.54) is 11.3 Å². The first kappa shape index (κ1) is 19.1. The van der Waals surface area contributed by atoms with Crippen LogP contribution in [0.5, 0.6) is 11.5 Å². The molecule has 148 valence electrons. The van der Waals surface area contributed by atoms with E-state index < -0.39 is 0 Å². The average molecular weight is 386 g/mol. The lowest BCUT2D eigenvalue weighted by molar-refractivity contribution is -0.120. The molecular formula is C25H26N2O2. The van der Waals surface area contributed by atoms with Crippen LogP contribution in [0.15, 0.2) is 78.9 Å². The number of para-hydroxylation sites is 3. The molecule has 3 aromatic carbocycles. The van der Waals surface area contributed by atoms with Crippen molar-refractivity contribution in [3.05, 3.63) is 84.4 Å². The minimum Gasteiger partial charge on any atom is -0.455 e. The number of nitrogens with zero attached hydrogens (tertiary/aromatic N) is 1. The third kappa shape index (κ3) is 4.77. The molecule has 1 N–H and O–H groups in total. The summed E-state index contributed by atoms with van der Waals surface area (Å²) in [6.45, 7) is 3.88. The van der Waals surface area contributed by atoms with Gasteiger partial charge in [-0.15, -0.1) is 0 Å². The van der Waals surface area contributed by atoms with Crippen LogP contribution in [0.1, 0.15) is 18.4 Å². The van der Waals surface area contributed by atoms with E-state index >= 15 is 0 Å². The summed E-state index contributed by atoms with van der Waals surface area (Å²) in [6.07, 6.45) is 1.70. The number of piperidine rings is 1. The molecule has 1 saturated heterocycles. The van der Waals surface area contributed by atoms with E-state index in [0.717, 1.165) is 31.7 Å². The number of amides is 1. The van der Waals surface area contributed by atoms with Crippen molar-refractivity contribution in [2.75, 3.05) is 23.3 Å². The Hall–Kier alpha value is -3.27. The first-order valence-corrected chi connectivity index (χ1v) is 10.1. The lowest BCUT2D eigenvalue weighted by atomic mass is 9.95. The SMILES string of the molecule is Cc1ccc(N2CCC(C(=O)Nc3ccccc3Oc3ccccc3)CC2)cc1. The summed E-state index contributed by atoms with van der Waals surface area (Å²) in [5, 5.41) is 3.08. The zero-order valence-corrected chi connectivity index (χ0v) is 16.7. The number of ether oxygens (including phenoxy) is 1.